The lowest BCUT2D eigenvalue weighted by Crippen LogP contribution is -2.39. The highest BCUT2D eigenvalue weighted by Gasteiger charge is 2.25. The van der Waals surface area contributed by atoms with Crippen LogP contribution in [-0.4, -0.2) is 39.2 Å². The minimum atomic E-state index is -3.71. The van der Waals surface area contributed by atoms with E-state index in [2.05, 4.69) is 5.32 Å². The molecule has 0 unspecified atom stereocenters. The fourth-order valence-corrected chi connectivity index (χ4v) is 4.07. The summed E-state index contributed by atoms with van der Waals surface area (Å²) in [6.45, 7) is 7.86. The normalized spacial score (nSPS) is 21.0. The molecule has 0 aliphatic heterocycles. The Morgan fingerprint density at radius 3 is 2.26 bits per heavy atom. The van der Waals surface area contributed by atoms with Gasteiger partial charge >= 0.3 is 5.97 Å². The number of hydrogen-bond acceptors (Lipinski definition) is 6. The standard InChI is InChI=1S/C20H31NO5S/c1-15-5-11-18(12-6-15)27(23,24)25-14-16-7-9-17(10-8-16)21-13-19(22)26-20(2,3)4/h5-6,11-12,16-17,21H,7-10,13-14H2,1-4H3/t16-,17-. The van der Waals surface area contributed by atoms with Gasteiger partial charge in [-0.3, -0.25) is 8.98 Å². The van der Waals surface area contributed by atoms with Crippen LogP contribution in [0.1, 0.15) is 52.0 Å². The molecule has 27 heavy (non-hydrogen) atoms. The van der Waals surface area contributed by atoms with Crippen LogP contribution in [0.3, 0.4) is 0 Å². The highest BCUT2D eigenvalue weighted by molar-refractivity contribution is 7.86. The molecule has 7 heteroatoms. The molecular formula is C20H31NO5S. The van der Waals surface area contributed by atoms with Crippen LogP contribution < -0.4 is 5.32 Å². The van der Waals surface area contributed by atoms with Crippen LogP contribution in [-0.2, 0) is 23.8 Å². The molecule has 1 N–H and O–H groups in total. The van der Waals surface area contributed by atoms with Crippen LogP contribution in [0.4, 0.5) is 0 Å². The van der Waals surface area contributed by atoms with E-state index < -0.39 is 15.7 Å². The Morgan fingerprint density at radius 2 is 1.70 bits per heavy atom. The molecule has 0 atom stereocenters. The van der Waals surface area contributed by atoms with Gasteiger partial charge in [-0.05, 0) is 71.4 Å². The molecule has 1 aliphatic rings. The van der Waals surface area contributed by atoms with Gasteiger partial charge in [0.05, 0.1) is 18.0 Å². The molecule has 0 radical (unpaired) electrons. The van der Waals surface area contributed by atoms with E-state index in [-0.39, 0.29) is 36.0 Å². The Hall–Kier alpha value is -1.44. The Morgan fingerprint density at radius 1 is 1.11 bits per heavy atom. The topological polar surface area (TPSA) is 81.7 Å². The molecule has 1 saturated carbocycles. The highest BCUT2D eigenvalue weighted by atomic mass is 32.2. The second-order valence-electron chi connectivity index (χ2n) is 8.24. The lowest BCUT2D eigenvalue weighted by atomic mass is 9.86. The number of nitrogens with one attached hydrogen (secondary N) is 1. The van der Waals surface area contributed by atoms with E-state index in [4.69, 9.17) is 8.92 Å². The summed E-state index contributed by atoms with van der Waals surface area (Å²) in [6, 6.07) is 6.92. The van der Waals surface area contributed by atoms with Crippen LogP contribution in [0.15, 0.2) is 29.2 Å². The van der Waals surface area contributed by atoms with Crippen LogP contribution in [0.5, 0.6) is 0 Å². The van der Waals surface area contributed by atoms with Crippen molar-refractivity contribution in [2.75, 3.05) is 13.2 Å². The van der Waals surface area contributed by atoms with Gasteiger partial charge in [0.1, 0.15) is 5.60 Å². The van der Waals surface area contributed by atoms with E-state index in [0.717, 1.165) is 31.2 Å². The molecule has 1 aromatic rings. The minimum Gasteiger partial charge on any atom is -0.459 e. The number of ether oxygens (including phenoxy) is 1. The molecular weight excluding hydrogens is 366 g/mol. The number of carbonyl (C=O) groups is 1. The molecule has 0 saturated heterocycles. The first-order valence-electron chi connectivity index (χ1n) is 9.46. The van der Waals surface area contributed by atoms with E-state index in [1.807, 2.05) is 27.7 Å². The molecule has 6 nitrogen and oxygen atoms in total. The zero-order valence-electron chi connectivity index (χ0n) is 16.7. The van der Waals surface area contributed by atoms with Crippen molar-refractivity contribution in [3.8, 4) is 0 Å². The monoisotopic (exact) mass is 397 g/mol. The Labute approximate surface area is 162 Å². The number of carbonyl (C=O) groups excluding carboxylic acids is 1. The maximum absolute atomic E-state index is 12.3. The van der Waals surface area contributed by atoms with Gasteiger partial charge in [0.15, 0.2) is 0 Å². The van der Waals surface area contributed by atoms with Crippen LogP contribution in [0.2, 0.25) is 0 Å². The van der Waals surface area contributed by atoms with Crippen molar-refractivity contribution in [3.05, 3.63) is 29.8 Å². The zero-order valence-corrected chi connectivity index (χ0v) is 17.5. The zero-order chi connectivity index (χ0) is 20.1. The maximum Gasteiger partial charge on any atom is 0.320 e. The summed E-state index contributed by atoms with van der Waals surface area (Å²) >= 11 is 0. The van der Waals surface area contributed by atoms with E-state index in [0.29, 0.717) is 0 Å². The molecule has 2 rings (SSSR count). The summed E-state index contributed by atoms with van der Waals surface area (Å²) in [5.74, 6) is -0.0399. The summed E-state index contributed by atoms with van der Waals surface area (Å²) in [4.78, 5) is 12.0. The van der Waals surface area contributed by atoms with Gasteiger partial charge in [0.25, 0.3) is 10.1 Å². The quantitative estimate of drug-likeness (QED) is 0.562. The van der Waals surface area contributed by atoms with Crippen molar-refractivity contribution in [1.29, 1.82) is 0 Å². The first-order chi connectivity index (χ1) is 12.5. The van der Waals surface area contributed by atoms with Crippen molar-refractivity contribution in [2.45, 2.75) is 69.9 Å². The largest absolute Gasteiger partial charge is 0.459 e. The van der Waals surface area contributed by atoms with Gasteiger partial charge in [0, 0.05) is 6.04 Å². The molecule has 0 bridgehead atoms. The van der Waals surface area contributed by atoms with Crippen LogP contribution in [0, 0.1) is 12.8 Å². The molecule has 0 heterocycles. The summed E-state index contributed by atoms with van der Waals surface area (Å²) in [5.41, 5.74) is 0.530. The molecule has 152 valence electrons. The Balaban J connectivity index is 1.71. The van der Waals surface area contributed by atoms with Crippen molar-refractivity contribution in [2.24, 2.45) is 5.92 Å². The third-order valence-electron chi connectivity index (χ3n) is 4.57. The van der Waals surface area contributed by atoms with E-state index >= 15 is 0 Å². The lowest BCUT2D eigenvalue weighted by Gasteiger charge is -2.29. The summed E-state index contributed by atoms with van der Waals surface area (Å²) in [6.07, 6.45) is 3.52. The molecule has 1 aromatic carbocycles. The lowest BCUT2D eigenvalue weighted by molar-refractivity contribution is -0.153. The van der Waals surface area contributed by atoms with Crippen LogP contribution in [0.25, 0.3) is 0 Å². The molecule has 0 spiro atoms. The van der Waals surface area contributed by atoms with E-state index in [1.165, 1.54) is 0 Å². The Bertz CT molecular complexity index is 714. The first kappa shape index (κ1) is 21.9. The maximum atomic E-state index is 12.3. The second kappa shape index (κ2) is 9.17. The van der Waals surface area contributed by atoms with Gasteiger partial charge in [-0.25, -0.2) is 0 Å². The Kier molecular flexibility index (Phi) is 7.42. The van der Waals surface area contributed by atoms with Gasteiger partial charge in [-0.2, -0.15) is 8.42 Å². The fourth-order valence-electron chi connectivity index (χ4n) is 3.10. The van der Waals surface area contributed by atoms with Gasteiger partial charge in [-0.15, -0.1) is 0 Å². The van der Waals surface area contributed by atoms with Crippen molar-refractivity contribution < 1.29 is 22.1 Å². The summed E-state index contributed by atoms with van der Waals surface area (Å²) < 4.78 is 35.1. The highest BCUT2D eigenvalue weighted by Crippen LogP contribution is 2.26. The SMILES string of the molecule is Cc1ccc(S(=O)(=O)OC[C@H]2CC[C@H](NCC(=O)OC(C)(C)C)CC2)cc1. The molecule has 1 fully saturated rings. The smallest absolute Gasteiger partial charge is 0.320 e. The van der Waals surface area contributed by atoms with Crippen molar-refractivity contribution in [3.63, 3.8) is 0 Å². The third-order valence-corrected chi connectivity index (χ3v) is 5.87. The summed E-state index contributed by atoms with van der Waals surface area (Å²) in [7, 11) is -3.71. The summed E-state index contributed by atoms with van der Waals surface area (Å²) in [5, 5.41) is 3.23. The number of rotatable bonds is 7. The average molecular weight is 398 g/mol. The third kappa shape index (κ3) is 7.60. The fraction of sp³-hybridized carbons (Fsp3) is 0.650. The number of hydrogen-bond donors (Lipinski definition) is 1. The van der Waals surface area contributed by atoms with E-state index in [1.54, 1.807) is 24.3 Å². The predicted octanol–water partition coefficient (Wildman–Crippen LogP) is 3.19. The van der Waals surface area contributed by atoms with Gasteiger partial charge < -0.3 is 10.1 Å². The number of benzene rings is 1. The second-order valence-corrected chi connectivity index (χ2v) is 9.85. The number of esters is 1. The van der Waals surface area contributed by atoms with Crippen LogP contribution >= 0.6 is 0 Å². The van der Waals surface area contributed by atoms with Gasteiger partial charge in [-0.1, -0.05) is 17.7 Å². The molecule has 0 aromatic heterocycles. The molecule has 0 amide bonds. The van der Waals surface area contributed by atoms with Crippen molar-refractivity contribution in [1.82, 2.24) is 5.32 Å². The molecule has 1 aliphatic carbocycles. The van der Waals surface area contributed by atoms with Crippen molar-refractivity contribution >= 4 is 16.1 Å². The average Bonchev–Trinajstić information content (AvgIpc) is 2.58. The predicted molar refractivity (Wildman–Crippen MR) is 104 cm³/mol. The van der Waals surface area contributed by atoms with Gasteiger partial charge in [0.2, 0.25) is 0 Å². The number of aryl methyl sites for hydroxylation is 1. The van der Waals surface area contributed by atoms with E-state index in [9.17, 15) is 13.2 Å². The first-order valence-corrected chi connectivity index (χ1v) is 10.9. The minimum absolute atomic E-state index is 0.195.